The summed E-state index contributed by atoms with van der Waals surface area (Å²) in [4.78, 5) is 17.7. The number of aryl methyl sites for hydroxylation is 1. The highest BCUT2D eigenvalue weighted by Gasteiger charge is 2.42. The van der Waals surface area contributed by atoms with Crippen molar-refractivity contribution >= 4 is 28.1 Å². The number of nitrogens with zero attached hydrogens (tertiary/aromatic N) is 3. The van der Waals surface area contributed by atoms with Gasteiger partial charge in [-0.1, -0.05) is 78.1 Å². The van der Waals surface area contributed by atoms with Crippen LogP contribution in [-0.2, 0) is 11.2 Å². The minimum atomic E-state index is -0.316. The van der Waals surface area contributed by atoms with Crippen molar-refractivity contribution in [3.8, 4) is 0 Å². The first-order valence-corrected chi connectivity index (χ1v) is 12.3. The first kappa shape index (κ1) is 21.6. The molecule has 2 heterocycles. The second-order valence-electron chi connectivity index (χ2n) is 8.39. The van der Waals surface area contributed by atoms with E-state index in [-0.39, 0.29) is 17.9 Å². The molecule has 0 N–H and O–H groups in total. The van der Waals surface area contributed by atoms with Crippen LogP contribution in [0.3, 0.4) is 0 Å². The van der Waals surface area contributed by atoms with Crippen molar-refractivity contribution in [2.24, 2.45) is 11.0 Å². The number of carbonyl (C=O) groups is 1. The zero-order valence-corrected chi connectivity index (χ0v) is 19.7. The van der Waals surface area contributed by atoms with E-state index in [0.29, 0.717) is 17.2 Å². The molecule has 3 aromatic rings. The van der Waals surface area contributed by atoms with Crippen LogP contribution in [0.4, 0.5) is 5.13 Å². The van der Waals surface area contributed by atoms with Gasteiger partial charge in [-0.05, 0) is 49.8 Å². The summed E-state index contributed by atoms with van der Waals surface area (Å²) in [5.41, 5.74) is 5.63. The Morgan fingerprint density at radius 1 is 1.12 bits per heavy atom. The van der Waals surface area contributed by atoms with Gasteiger partial charge in [0, 0.05) is 5.92 Å². The third kappa shape index (κ3) is 4.23. The molecule has 0 radical (unpaired) electrons. The van der Waals surface area contributed by atoms with E-state index in [2.05, 4.69) is 54.6 Å². The largest absolute Gasteiger partial charge is 0.462 e. The van der Waals surface area contributed by atoms with Crippen molar-refractivity contribution in [3.05, 3.63) is 94.0 Å². The number of anilines is 1. The van der Waals surface area contributed by atoms with Crippen LogP contribution < -0.4 is 5.01 Å². The van der Waals surface area contributed by atoms with E-state index in [0.717, 1.165) is 30.1 Å². The smallest absolute Gasteiger partial charge is 0.350 e. The van der Waals surface area contributed by atoms with Crippen LogP contribution in [-0.4, -0.2) is 23.3 Å². The van der Waals surface area contributed by atoms with Crippen LogP contribution in [0.15, 0.2) is 77.4 Å². The lowest BCUT2D eigenvalue weighted by molar-refractivity contribution is 0.0531. The fraction of sp³-hybridized carbons (Fsp3) is 0.296. The predicted molar refractivity (Wildman–Crippen MR) is 133 cm³/mol. The number of allylic oxidation sites excluding steroid dienone is 2. The number of rotatable bonds is 6. The van der Waals surface area contributed by atoms with Crippen molar-refractivity contribution in [1.82, 2.24) is 4.98 Å². The second-order valence-corrected chi connectivity index (χ2v) is 9.37. The molecule has 2 atom stereocenters. The lowest BCUT2D eigenvalue weighted by atomic mass is 9.79. The van der Waals surface area contributed by atoms with Gasteiger partial charge in [-0.15, -0.1) is 0 Å². The standard InChI is InChI=1S/C27H27N3O2S/c1-3-32-26(31)25-18(2)28-27(33-25)30-24(20-13-8-5-9-14-20)22-16-10-15-21(23(22)29-30)17-19-11-6-4-7-12-19/h4-9,11-15,22,24H,3,10,16-17H2,1-2H3. The number of carbonyl (C=O) groups excluding carboxylic acids is 1. The number of hydrogen-bond acceptors (Lipinski definition) is 6. The monoisotopic (exact) mass is 457 g/mol. The van der Waals surface area contributed by atoms with Crippen LogP contribution in [0.5, 0.6) is 0 Å². The molecule has 6 heteroatoms. The van der Waals surface area contributed by atoms with Crippen LogP contribution in [0.25, 0.3) is 0 Å². The van der Waals surface area contributed by atoms with Crippen molar-refractivity contribution in [2.45, 2.75) is 39.2 Å². The van der Waals surface area contributed by atoms with Crippen molar-refractivity contribution in [3.63, 3.8) is 0 Å². The van der Waals surface area contributed by atoms with E-state index in [9.17, 15) is 4.79 Å². The number of thiazole rings is 1. The highest BCUT2D eigenvalue weighted by molar-refractivity contribution is 7.17. The number of hydrazone groups is 1. The molecule has 1 aromatic heterocycles. The van der Waals surface area contributed by atoms with Crippen LogP contribution in [0.2, 0.25) is 0 Å². The first-order valence-electron chi connectivity index (χ1n) is 11.5. The first-order chi connectivity index (χ1) is 16.2. The Kier molecular flexibility index (Phi) is 6.09. The van der Waals surface area contributed by atoms with E-state index in [1.807, 2.05) is 31.0 Å². The Hall–Kier alpha value is -3.25. The van der Waals surface area contributed by atoms with Gasteiger partial charge >= 0.3 is 5.97 Å². The predicted octanol–water partition coefficient (Wildman–Crippen LogP) is 6.12. The molecule has 2 aliphatic rings. The summed E-state index contributed by atoms with van der Waals surface area (Å²) in [6.45, 7) is 4.03. The van der Waals surface area contributed by atoms with Crippen LogP contribution in [0.1, 0.15) is 52.3 Å². The summed E-state index contributed by atoms with van der Waals surface area (Å²) < 4.78 is 5.24. The SMILES string of the molecule is CCOC(=O)c1sc(N2N=C3C(Cc4ccccc4)=CCCC3C2c2ccccc2)nc1C. The van der Waals surface area contributed by atoms with Gasteiger partial charge in [0.1, 0.15) is 4.88 Å². The van der Waals surface area contributed by atoms with Crippen LogP contribution >= 0.6 is 11.3 Å². The Bertz CT molecular complexity index is 1200. The summed E-state index contributed by atoms with van der Waals surface area (Å²) in [5.74, 6) is -0.0321. The average molecular weight is 458 g/mol. The zero-order chi connectivity index (χ0) is 22.8. The molecule has 5 rings (SSSR count). The van der Waals surface area contributed by atoms with Gasteiger partial charge in [-0.3, -0.25) is 0 Å². The number of esters is 1. The highest BCUT2D eigenvalue weighted by Crippen LogP contribution is 2.46. The van der Waals surface area contributed by atoms with Gasteiger partial charge in [0.25, 0.3) is 0 Å². The summed E-state index contributed by atoms with van der Waals surface area (Å²) in [5, 5.41) is 7.94. The summed E-state index contributed by atoms with van der Waals surface area (Å²) >= 11 is 1.37. The van der Waals surface area contributed by atoms with Crippen molar-refractivity contribution in [2.75, 3.05) is 11.6 Å². The number of ether oxygens (including phenoxy) is 1. The minimum Gasteiger partial charge on any atom is -0.462 e. The number of hydrogen-bond donors (Lipinski definition) is 0. The van der Waals surface area contributed by atoms with Gasteiger partial charge in [0.2, 0.25) is 5.13 Å². The molecule has 0 bridgehead atoms. The van der Waals surface area contributed by atoms with Gasteiger partial charge in [-0.2, -0.15) is 5.10 Å². The van der Waals surface area contributed by atoms with E-state index in [4.69, 9.17) is 14.8 Å². The molecule has 0 saturated heterocycles. The molecule has 168 valence electrons. The van der Waals surface area contributed by atoms with Gasteiger partial charge in [0.05, 0.1) is 24.1 Å². The second kappa shape index (κ2) is 9.32. The zero-order valence-electron chi connectivity index (χ0n) is 18.9. The maximum atomic E-state index is 12.4. The normalized spacial score (nSPS) is 19.6. The number of aromatic nitrogens is 1. The number of benzene rings is 2. The molecule has 0 saturated carbocycles. The molecule has 0 spiro atoms. The Labute approximate surface area is 198 Å². The van der Waals surface area contributed by atoms with Crippen LogP contribution in [0, 0.1) is 12.8 Å². The summed E-state index contributed by atoms with van der Waals surface area (Å²) in [6, 6.07) is 21.1. The van der Waals surface area contributed by atoms with Gasteiger partial charge < -0.3 is 4.74 Å². The summed E-state index contributed by atoms with van der Waals surface area (Å²) in [7, 11) is 0. The maximum Gasteiger partial charge on any atom is 0.350 e. The van der Waals surface area contributed by atoms with E-state index < -0.39 is 0 Å². The fourth-order valence-electron chi connectivity index (χ4n) is 4.74. The van der Waals surface area contributed by atoms with Crippen molar-refractivity contribution < 1.29 is 9.53 Å². The third-order valence-corrected chi connectivity index (χ3v) is 7.36. The molecule has 1 aliphatic heterocycles. The summed E-state index contributed by atoms with van der Waals surface area (Å²) in [6.07, 6.45) is 5.29. The Balaban J connectivity index is 1.54. The van der Waals surface area contributed by atoms with E-state index >= 15 is 0 Å². The quantitative estimate of drug-likeness (QED) is 0.418. The third-order valence-electron chi connectivity index (χ3n) is 6.23. The molecular weight excluding hydrogens is 430 g/mol. The molecular formula is C27H27N3O2S. The average Bonchev–Trinajstić information content (AvgIpc) is 3.42. The van der Waals surface area contributed by atoms with E-state index in [1.165, 1.54) is 28.0 Å². The fourth-order valence-corrected chi connectivity index (χ4v) is 5.69. The van der Waals surface area contributed by atoms with Crippen molar-refractivity contribution in [1.29, 1.82) is 0 Å². The topological polar surface area (TPSA) is 54.8 Å². The van der Waals surface area contributed by atoms with E-state index in [1.54, 1.807) is 0 Å². The lowest BCUT2D eigenvalue weighted by Gasteiger charge is -2.28. The molecule has 5 nitrogen and oxygen atoms in total. The molecule has 1 aliphatic carbocycles. The molecule has 2 aromatic carbocycles. The number of fused-ring (bicyclic) bond motifs is 1. The Morgan fingerprint density at radius 3 is 2.58 bits per heavy atom. The Morgan fingerprint density at radius 2 is 1.85 bits per heavy atom. The van der Waals surface area contributed by atoms with Gasteiger partial charge in [0.15, 0.2) is 0 Å². The minimum absolute atomic E-state index is 0.0567. The van der Waals surface area contributed by atoms with Gasteiger partial charge in [-0.25, -0.2) is 14.8 Å². The highest BCUT2D eigenvalue weighted by atomic mass is 32.1. The molecule has 0 amide bonds. The molecule has 33 heavy (non-hydrogen) atoms. The lowest BCUT2D eigenvalue weighted by Crippen LogP contribution is -2.27. The molecule has 2 unspecified atom stereocenters. The maximum absolute atomic E-state index is 12.4. The molecule has 0 fully saturated rings.